The summed E-state index contributed by atoms with van der Waals surface area (Å²) >= 11 is 3.50. The Morgan fingerprint density at radius 2 is 1.90 bits per heavy atom. The first-order valence-electron chi connectivity index (χ1n) is 7.07. The van der Waals surface area contributed by atoms with Crippen LogP contribution in [0.2, 0.25) is 0 Å². The number of methoxy groups -OCH3 is 1. The lowest BCUT2D eigenvalue weighted by Gasteiger charge is -2.15. The van der Waals surface area contributed by atoms with Crippen molar-refractivity contribution in [3.63, 3.8) is 0 Å². The number of nitrogens with two attached hydrogens (primary N) is 1. The van der Waals surface area contributed by atoms with Crippen molar-refractivity contribution in [2.75, 3.05) is 40.1 Å². The molecule has 0 unspecified atom stereocenters. The molecule has 0 aromatic heterocycles. The zero-order chi connectivity index (χ0) is 15.5. The van der Waals surface area contributed by atoms with Crippen LogP contribution in [0.15, 0.2) is 16.6 Å². The molecule has 5 nitrogen and oxygen atoms in total. The van der Waals surface area contributed by atoms with E-state index < -0.39 is 0 Å². The zero-order valence-electron chi connectivity index (χ0n) is 12.7. The predicted octanol–water partition coefficient (Wildman–Crippen LogP) is 2.74. The fraction of sp³-hybridized carbons (Fsp3) is 0.600. The summed E-state index contributed by atoms with van der Waals surface area (Å²) in [6.45, 7) is 5.41. The van der Waals surface area contributed by atoms with Crippen molar-refractivity contribution in [1.82, 2.24) is 0 Å². The normalized spacial score (nSPS) is 10.7. The second-order valence-electron chi connectivity index (χ2n) is 4.35. The SMILES string of the molecule is CCOc1cc(CN)cc(Br)c1OCCCOCCOC. The number of halogens is 1. The van der Waals surface area contributed by atoms with Crippen molar-refractivity contribution >= 4 is 15.9 Å². The van der Waals surface area contributed by atoms with Gasteiger partial charge in [-0.3, -0.25) is 0 Å². The van der Waals surface area contributed by atoms with E-state index in [-0.39, 0.29) is 0 Å². The highest BCUT2D eigenvalue weighted by Crippen LogP contribution is 2.36. The van der Waals surface area contributed by atoms with E-state index >= 15 is 0 Å². The van der Waals surface area contributed by atoms with Crippen LogP contribution in [0, 0.1) is 0 Å². The van der Waals surface area contributed by atoms with Gasteiger partial charge in [-0.15, -0.1) is 0 Å². The Morgan fingerprint density at radius 1 is 1.10 bits per heavy atom. The van der Waals surface area contributed by atoms with Crippen LogP contribution in [0.3, 0.4) is 0 Å². The maximum absolute atomic E-state index is 5.80. The second kappa shape index (κ2) is 10.8. The molecule has 120 valence electrons. The number of benzene rings is 1. The molecule has 0 bridgehead atoms. The van der Waals surface area contributed by atoms with Gasteiger partial charge in [0.25, 0.3) is 0 Å². The maximum atomic E-state index is 5.80. The first-order chi connectivity index (χ1) is 10.2. The third-order valence-corrected chi connectivity index (χ3v) is 3.31. The van der Waals surface area contributed by atoms with Crippen LogP contribution >= 0.6 is 15.9 Å². The first-order valence-corrected chi connectivity index (χ1v) is 7.87. The van der Waals surface area contributed by atoms with Crippen molar-refractivity contribution in [3.05, 3.63) is 22.2 Å². The van der Waals surface area contributed by atoms with Gasteiger partial charge >= 0.3 is 0 Å². The van der Waals surface area contributed by atoms with Gasteiger partial charge < -0.3 is 24.7 Å². The van der Waals surface area contributed by atoms with Crippen LogP contribution in [-0.2, 0) is 16.0 Å². The molecule has 0 fully saturated rings. The van der Waals surface area contributed by atoms with Gasteiger partial charge in [0.05, 0.1) is 30.9 Å². The third-order valence-electron chi connectivity index (χ3n) is 2.72. The molecule has 0 aliphatic rings. The average molecular weight is 362 g/mol. The molecule has 21 heavy (non-hydrogen) atoms. The predicted molar refractivity (Wildman–Crippen MR) is 86.0 cm³/mol. The van der Waals surface area contributed by atoms with Crippen LogP contribution in [0.25, 0.3) is 0 Å². The van der Waals surface area contributed by atoms with E-state index in [1.54, 1.807) is 7.11 Å². The molecule has 0 aliphatic carbocycles. The fourth-order valence-electron chi connectivity index (χ4n) is 1.72. The highest BCUT2D eigenvalue weighted by Gasteiger charge is 2.11. The third kappa shape index (κ3) is 6.65. The molecule has 0 radical (unpaired) electrons. The molecule has 0 heterocycles. The molecule has 0 saturated carbocycles. The molecule has 2 N–H and O–H groups in total. The van der Waals surface area contributed by atoms with Crippen LogP contribution in [-0.4, -0.2) is 40.1 Å². The van der Waals surface area contributed by atoms with Gasteiger partial charge in [-0.05, 0) is 40.5 Å². The van der Waals surface area contributed by atoms with E-state index in [1.165, 1.54) is 0 Å². The monoisotopic (exact) mass is 361 g/mol. The summed E-state index contributed by atoms with van der Waals surface area (Å²) in [5, 5.41) is 0. The van der Waals surface area contributed by atoms with Gasteiger partial charge in [0.15, 0.2) is 11.5 Å². The lowest BCUT2D eigenvalue weighted by Crippen LogP contribution is -2.08. The van der Waals surface area contributed by atoms with Gasteiger partial charge in [0.1, 0.15) is 0 Å². The summed E-state index contributed by atoms with van der Waals surface area (Å²) in [4.78, 5) is 0. The standard InChI is InChI=1S/C15H24BrNO4/c1-3-20-14-10-12(11-17)9-13(16)15(14)21-6-4-5-19-8-7-18-2/h9-10H,3-8,11,17H2,1-2H3. The summed E-state index contributed by atoms with van der Waals surface area (Å²) in [5.74, 6) is 1.43. The van der Waals surface area contributed by atoms with Crippen LogP contribution < -0.4 is 15.2 Å². The summed E-state index contributed by atoms with van der Waals surface area (Å²) in [7, 11) is 1.66. The quantitative estimate of drug-likeness (QED) is 0.614. The van der Waals surface area contributed by atoms with E-state index in [0.29, 0.717) is 51.1 Å². The average Bonchev–Trinajstić information content (AvgIpc) is 2.48. The van der Waals surface area contributed by atoms with E-state index in [0.717, 1.165) is 16.5 Å². The Bertz CT molecular complexity index is 415. The smallest absolute Gasteiger partial charge is 0.175 e. The minimum Gasteiger partial charge on any atom is -0.490 e. The molecule has 0 atom stereocenters. The summed E-state index contributed by atoms with van der Waals surface area (Å²) in [6, 6.07) is 3.87. The van der Waals surface area contributed by atoms with E-state index in [2.05, 4.69) is 15.9 Å². The molecule has 1 aromatic rings. The minimum absolute atomic E-state index is 0.465. The van der Waals surface area contributed by atoms with Crippen LogP contribution in [0.5, 0.6) is 11.5 Å². The highest BCUT2D eigenvalue weighted by atomic mass is 79.9. The fourth-order valence-corrected chi connectivity index (χ4v) is 2.33. The molecule has 0 amide bonds. The van der Waals surface area contributed by atoms with Gasteiger partial charge in [-0.25, -0.2) is 0 Å². The molecule has 0 saturated heterocycles. The molecule has 6 heteroatoms. The second-order valence-corrected chi connectivity index (χ2v) is 5.20. The lowest BCUT2D eigenvalue weighted by atomic mass is 10.2. The first kappa shape index (κ1) is 18.2. The molecular formula is C15H24BrNO4. The molecule has 1 rings (SSSR count). The number of hydrogen-bond donors (Lipinski definition) is 1. The van der Waals surface area contributed by atoms with E-state index in [9.17, 15) is 0 Å². The van der Waals surface area contributed by atoms with E-state index in [1.807, 2.05) is 19.1 Å². The Balaban J connectivity index is 2.49. The Morgan fingerprint density at radius 3 is 2.57 bits per heavy atom. The van der Waals surface area contributed by atoms with Crippen molar-refractivity contribution in [1.29, 1.82) is 0 Å². The highest BCUT2D eigenvalue weighted by molar-refractivity contribution is 9.10. The Kier molecular flexibility index (Phi) is 9.41. The molecular weight excluding hydrogens is 338 g/mol. The zero-order valence-corrected chi connectivity index (χ0v) is 14.3. The lowest BCUT2D eigenvalue weighted by molar-refractivity contribution is 0.0642. The van der Waals surface area contributed by atoms with Crippen molar-refractivity contribution in [2.45, 2.75) is 19.9 Å². The summed E-state index contributed by atoms with van der Waals surface area (Å²) < 4.78 is 22.6. The number of rotatable bonds is 11. The van der Waals surface area contributed by atoms with Gasteiger partial charge in [-0.2, -0.15) is 0 Å². The van der Waals surface area contributed by atoms with E-state index in [4.69, 9.17) is 24.7 Å². The maximum Gasteiger partial charge on any atom is 0.175 e. The van der Waals surface area contributed by atoms with Crippen molar-refractivity contribution in [3.8, 4) is 11.5 Å². The van der Waals surface area contributed by atoms with Crippen molar-refractivity contribution in [2.24, 2.45) is 5.73 Å². The Labute approximate surface area is 134 Å². The summed E-state index contributed by atoms with van der Waals surface area (Å²) in [5.41, 5.74) is 6.67. The Hall–Kier alpha value is -0.820. The van der Waals surface area contributed by atoms with Gasteiger partial charge in [0, 0.05) is 26.7 Å². The number of hydrogen-bond acceptors (Lipinski definition) is 5. The molecule has 0 spiro atoms. The van der Waals surface area contributed by atoms with Crippen LogP contribution in [0.4, 0.5) is 0 Å². The molecule has 1 aromatic carbocycles. The topological polar surface area (TPSA) is 62.9 Å². The van der Waals surface area contributed by atoms with Gasteiger partial charge in [0.2, 0.25) is 0 Å². The minimum atomic E-state index is 0.465. The summed E-state index contributed by atoms with van der Waals surface area (Å²) in [6.07, 6.45) is 0.806. The molecule has 0 aliphatic heterocycles. The number of ether oxygens (including phenoxy) is 4. The largest absolute Gasteiger partial charge is 0.490 e. The van der Waals surface area contributed by atoms with Gasteiger partial charge in [-0.1, -0.05) is 0 Å². The van der Waals surface area contributed by atoms with Crippen LogP contribution in [0.1, 0.15) is 18.9 Å². The van der Waals surface area contributed by atoms with Crippen molar-refractivity contribution < 1.29 is 18.9 Å².